The Kier molecular flexibility index (Phi) is 4.44. The lowest BCUT2D eigenvalue weighted by Crippen LogP contribution is -2.58. The van der Waals surface area contributed by atoms with Crippen molar-refractivity contribution >= 4 is 5.91 Å². The Morgan fingerprint density at radius 2 is 2.08 bits per heavy atom. The Balaban J connectivity index is 1.47. The number of β-amino-alcohol motifs (C(OH)–C–C–N with tert-alkyl or cyclic N) is 1. The number of rotatable bonds is 3. The fraction of sp³-hybridized carbons (Fsp3) is 0.500. The molecule has 1 aliphatic carbocycles. The van der Waals surface area contributed by atoms with Crippen LogP contribution in [-0.2, 0) is 12.8 Å². The Hall–Kier alpha value is -2.34. The normalized spacial score (nSPS) is 25.6. The number of para-hydroxylation sites is 1. The summed E-state index contributed by atoms with van der Waals surface area (Å²) in [4.78, 5) is 14.6. The number of benzene rings is 1. The predicted molar refractivity (Wildman–Crippen MR) is 95.1 cm³/mol. The molecule has 0 saturated carbocycles. The van der Waals surface area contributed by atoms with Crippen molar-refractivity contribution in [2.45, 2.75) is 50.7 Å². The maximum absolute atomic E-state index is 12.9. The van der Waals surface area contributed by atoms with E-state index in [0.29, 0.717) is 18.7 Å². The van der Waals surface area contributed by atoms with Gasteiger partial charge in [-0.1, -0.05) is 23.4 Å². The van der Waals surface area contributed by atoms with Crippen LogP contribution in [-0.4, -0.2) is 45.9 Å². The molecule has 1 N–H and O–H groups in total. The van der Waals surface area contributed by atoms with Crippen molar-refractivity contribution < 1.29 is 19.2 Å². The summed E-state index contributed by atoms with van der Waals surface area (Å²) in [6.45, 7) is 2.46. The van der Waals surface area contributed by atoms with Crippen molar-refractivity contribution in [2.24, 2.45) is 0 Å². The number of likely N-dealkylation sites (tertiary alicyclic amines) is 1. The molecule has 0 spiro atoms. The first-order chi connectivity index (χ1) is 12.5. The molecule has 6 nitrogen and oxygen atoms in total. The molecule has 1 aromatic carbocycles. The van der Waals surface area contributed by atoms with Crippen molar-refractivity contribution in [3.8, 4) is 5.75 Å². The lowest BCUT2D eigenvalue weighted by Gasteiger charge is -2.42. The van der Waals surface area contributed by atoms with E-state index in [-0.39, 0.29) is 18.6 Å². The summed E-state index contributed by atoms with van der Waals surface area (Å²) in [5.74, 6) is 1.41. The summed E-state index contributed by atoms with van der Waals surface area (Å²) < 4.78 is 11.3. The Morgan fingerprint density at radius 1 is 1.31 bits per heavy atom. The maximum Gasteiger partial charge on any atom is 0.276 e. The second kappa shape index (κ2) is 6.76. The molecule has 2 aromatic rings. The number of aliphatic hydroxyl groups is 1. The molecule has 2 aliphatic rings. The van der Waals surface area contributed by atoms with Crippen LogP contribution in [0.3, 0.4) is 0 Å². The summed E-state index contributed by atoms with van der Waals surface area (Å²) in [5.41, 5.74) is 0.231. The van der Waals surface area contributed by atoms with Crippen molar-refractivity contribution in [1.29, 1.82) is 0 Å². The summed E-state index contributed by atoms with van der Waals surface area (Å²) in [7, 11) is 0. The fourth-order valence-electron chi connectivity index (χ4n) is 3.88. The number of amides is 1. The van der Waals surface area contributed by atoms with Gasteiger partial charge in [0.1, 0.15) is 23.2 Å². The van der Waals surface area contributed by atoms with Gasteiger partial charge >= 0.3 is 0 Å². The molecule has 0 unspecified atom stereocenters. The molecule has 1 fully saturated rings. The van der Waals surface area contributed by atoms with E-state index < -0.39 is 5.60 Å². The highest BCUT2D eigenvalue weighted by molar-refractivity contribution is 5.94. The largest absolute Gasteiger partial charge is 0.487 e. The molecule has 1 saturated heterocycles. The van der Waals surface area contributed by atoms with Gasteiger partial charge < -0.3 is 19.3 Å². The number of carbonyl (C=O) groups is 1. The summed E-state index contributed by atoms with van der Waals surface area (Å²) in [6.07, 6.45) is 4.02. The second-order valence-corrected chi connectivity index (χ2v) is 7.43. The number of piperidine rings is 1. The molecule has 1 aromatic heterocycles. The predicted octanol–water partition coefficient (Wildman–Crippen LogP) is 2.60. The number of aromatic nitrogens is 1. The Morgan fingerprint density at radius 3 is 2.85 bits per heavy atom. The van der Waals surface area contributed by atoms with Crippen LogP contribution >= 0.6 is 0 Å². The van der Waals surface area contributed by atoms with Crippen LogP contribution in [0.15, 0.2) is 34.9 Å². The van der Waals surface area contributed by atoms with Gasteiger partial charge in [-0.05, 0) is 38.3 Å². The zero-order valence-corrected chi connectivity index (χ0v) is 15.0. The van der Waals surface area contributed by atoms with E-state index in [1.807, 2.05) is 30.3 Å². The highest BCUT2D eigenvalue weighted by Crippen LogP contribution is 2.29. The van der Waals surface area contributed by atoms with E-state index in [0.717, 1.165) is 42.8 Å². The van der Waals surface area contributed by atoms with Crippen LogP contribution in [0.5, 0.6) is 5.75 Å². The minimum atomic E-state index is -1.13. The maximum atomic E-state index is 12.9. The van der Waals surface area contributed by atoms with E-state index in [4.69, 9.17) is 9.26 Å². The average molecular weight is 356 g/mol. The first kappa shape index (κ1) is 17.1. The number of ether oxygens (including phenoxy) is 1. The van der Waals surface area contributed by atoms with Crippen molar-refractivity contribution in [3.05, 3.63) is 47.3 Å². The first-order valence-electron chi connectivity index (χ1n) is 9.25. The van der Waals surface area contributed by atoms with Crippen LogP contribution in [0, 0.1) is 0 Å². The number of hydrogen-bond acceptors (Lipinski definition) is 5. The molecule has 2 atom stereocenters. The zero-order chi connectivity index (χ0) is 18.1. The topological polar surface area (TPSA) is 75.8 Å². The number of nitrogens with zero attached hydrogens (tertiary/aromatic N) is 2. The van der Waals surface area contributed by atoms with Gasteiger partial charge in [-0.25, -0.2) is 0 Å². The van der Waals surface area contributed by atoms with Gasteiger partial charge in [0.05, 0.1) is 6.54 Å². The molecule has 1 aliphatic heterocycles. The van der Waals surface area contributed by atoms with Gasteiger partial charge in [-0.3, -0.25) is 4.79 Å². The van der Waals surface area contributed by atoms with Gasteiger partial charge in [0.2, 0.25) is 0 Å². The van der Waals surface area contributed by atoms with E-state index in [9.17, 15) is 9.90 Å². The molecule has 1 amide bonds. The number of aryl methyl sites for hydroxylation is 1. The van der Waals surface area contributed by atoms with E-state index in [1.165, 1.54) is 0 Å². The monoisotopic (exact) mass is 356 g/mol. The third kappa shape index (κ3) is 3.21. The SMILES string of the molecule is C[C@]1(O)CN(C(=O)c2noc3c2CCCC3)CC[C@@H]1Oc1ccccc1. The van der Waals surface area contributed by atoms with E-state index in [1.54, 1.807) is 11.8 Å². The summed E-state index contributed by atoms with van der Waals surface area (Å²) in [6, 6.07) is 9.46. The van der Waals surface area contributed by atoms with Crippen LogP contribution in [0.1, 0.15) is 48.0 Å². The van der Waals surface area contributed by atoms with Crippen molar-refractivity contribution in [3.63, 3.8) is 0 Å². The quantitative estimate of drug-likeness (QED) is 0.915. The minimum absolute atomic E-state index is 0.157. The number of fused-ring (bicyclic) bond motifs is 1. The third-order valence-corrected chi connectivity index (χ3v) is 5.33. The second-order valence-electron chi connectivity index (χ2n) is 7.43. The van der Waals surface area contributed by atoms with Crippen LogP contribution < -0.4 is 4.74 Å². The molecule has 26 heavy (non-hydrogen) atoms. The molecule has 4 rings (SSSR count). The van der Waals surface area contributed by atoms with Crippen LogP contribution in [0.25, 0.3) is 0 Å². The standard InChI is InChI=1S/C20H24N2O4/c1-20(24)13-22(12-11-17(20)25-14-7-3-2-4-8-14)19(23)18-15-9-5-6-10-16(15)26-21-18/h2-4,7-8,17,24H,5-6,9-13H2,1H3/t17-,20-/m0/s1. The zero-order valence-electron chi connectivity index (χ0n) is 15.0. The first-order valence-corrected chi connectivity index (χ1v) is 9.25. The molecular formula is C20H24N2O4. The lowest BCUT2D eigenvalue weighted by atomic mass is 9.90. The van der Waals surface area contributed by atoms with Gasteiger partial charge in [-0.15, -0.1) is 0 Å². The highest BCUT2D eigenvalue weighted by Gasteiger charge is 2.42. The van der Waals surface area contributed by atoms with Gasteiger partial charge in [0.15, 0.2) is 5.69 Å². The fourth-order valence-corrected chi connectivity index (χ4v) is 3.88. The number of hydrogen-bond donors (Lipinski definition) is 1. The van der Waals surface area contributed by atoms with Gasteiger partial charge in [-0.2, -0.15) is 0 Å². The lowest BCUT2D eigenvalue weighted by molar-refractivity contribution is -0.0900. The van der Waals surface area contributed by atoms with E-state index >= 15 is 0 Å². The van der Waals surface area contributed by atoms with Gasteiger partial charge in [0, 0.05) is 24.9 Å². The van der Waals surface area contributed by atoms with Crippen molar-refractivity contribution in [1.82, 2.24) is 10.1 Å². The molecular weight excluding hydrogens is 332 g/mol. The third-order valence-electron chi connectivity index (χ3n) is 5.33. The molecule has 2 heterocycles. The highest BCUT2D eigenvalue weighted by atomic mass is 16.5. The van der Waals surface area contributed by atoms with E-state index in [2.05, 4.69) is 5.16 Å². The summed E-state index contributed by atoms with van der Waals surface area (Å²) >= 11 is 0. The minimum Gasteiger partial charge on any atom is -0.487 e. The van der Waals surface area contributed by atoms with Crippen LogP contribution in [0.2, 0.25) is 0 Å². The molecule has 138 valence electrons. The smallest absolute Gasteiger partial charge is 0.276 e. The van der Waals surface area contributed by atoms with Gasteiger partial charge in [0.25, 0.3) is 5.91 Å². The number of carbonyl (C=O) groups excluding carboxylic acids is 1. The molecule has 0 radical (unpaired) electrons. The van der Waals surface area contributed by atoms with Crippen molar-refractivity contribution in [2.75, 3.05) is 13.1 Å². The summed E-state index contributed by atoms with van der Waals surface area (Å²) in [5, 5.41) is 14.9. The molecule has 6 heteroatoms. The average Bonchev–Trinajstić information content (AvgIpc) is 3.07. The van der Waals surface area contributed by atoms with Crippen LogP contribution in [0.4, 0.5) is 0 Å². The molecule has 0 bridgehead atoms. The Labute approximate surface area is 152 Å². The Bertz CT molecular complexity index is 784.